The molecule has 0 aromatic heterocycles. The Hall–Kier alpha value is -2.87. The van der Waals surface area contributed by atoms with E-state index in [1.165, 1.54) is 25.3 Å². The van der Waals surface area contributed by atoms with Crippen molar-refractivity contribution < 1.29 is 32.5 Å². The summed E-state index contributed by atoms with van der Waals surface area (Å²) in [5, 5.41) is 9.20. The first-order valence-electron chi connectivity index (χ1n) is 8.07. The average Bonchev–Trinajstić information content (AvgIpc) is 2.60. The highest BCUT2D eigenvalue weighted by Crippen LogP contribution is 2.42. The lowest BCUT2D eigenvalue weighted by Gasteiger charge is -2.39. The minimum absolute atomic E-state index is 0.136. The summed E-state index contributed by atoms with van der Waals surface area (Å²) in [6.07, 6.45) is -5.54. The first kappa shape index (κ1) is 19.9. The van der Waals surface area contributed by atoms with Crippen LogP contribution in [-0.4, -0.2) is 30.6 Å². The molecule has 0 fully saturated rings. The normalized spacial score (nSPS) is 16.2. The van der Waals surface area contributed by atoms with Crippen molar-refractivity contribution in [3.63, 3.8) is 0 Å². The maximum absolute atomic E-state index is 13.9. The Labute approximate surface area is 163 Å². The zero-order valence-corrected chi connectivity index (χ0v) is 15.3. The van der Waals surface area contributed by atoms with Gasteiger partial charge in [-0.3, -0.25) is 0 Å². The summed E-state index contributed by atoms with van der Waals surface area (Å²) in [4.78, 5) is 12.0. The van der Waals surface area contributed by atoms with Crippen molar-refractivity contribution in [1.29, 1.82) is 0 Å². The van der Waals surface area contributed by atoms with Gasteiger partial charge in [0.05, 0.1) is 7.11 Å². The molecule has 1 heterocycles. The molecule has 1 N–H and O–H groups in total. The fraction of sp³-hybridized carbons (Fsp3) is 0.211. The van der Waals surface area contributed by atoms with Crippen LogP contribution in [0.5, 0.6) is 5.75 Å². The quantitative estimate of drug-likeness (QED) is 0.686. The van der Waals surface area contributed by atoms with Crippen molar-refractivity contribution in [3.8, 4) is 5.75 Å². The molecule has 3 rings (SSSR count). The van der Waals surface area contributed by atoms with E-state index >= 15 is 0 Å². The molecule has 2 aromatic carbocycles. The number of hydrogen-bond donors (Lipinski definition) is 1. The molecule has 2 aromatic rings. The lowest BCUT2D eigenvalue weighted by molar-refractivity contribution is -0.147. The van der Waals surface area contributed by atoms with Gasteiger partial charge in [-0.2, -0.15) is 13.2 Å². The first-order valence-corrected chi connectivity index (χ1v) is 8.45. The van der Waals surface area contributed by atoms with E-state index in [0.29, 0.717) is 21.9 Å². The highest BCUT2D eigenvalue weighted by Gasteiger charge is 2.50. The molecule has 0 amide bonds. The number of carbonyl (C=O) groups is 1. The molecule has 0 saturated carbocycles. The monoisotopic (exact) mass is 413 g/mol. The molecular formula is C19H15ClF3NO4. The van der Waals surface area contributed by atoms with E-state index in [1.54, 1.807) is 24.3 Å². The lowest BCUT2D eigenvalue weighted by Crippen LogP contribution is -2.49. The molecule has 148 valence electrons. The van der Waals surface area contributed by atoms with Crippen LogP contribution in [0.25, 0.3) is 6.08 Å². The Kier molecular flexibility index (Phi) is 5.42. The Morgan fingerprint density at radius 3 is 2.46 bits per heavy atom. The molecule has 9 heteroatoms. The van der Waals surface area contributed by atoms with Gasteiger partial charge in [-0.25, -0.2) is 4.79 Å². The van der Waals surface area contributed by atoms with Crippen molar-refractivity contribution in [3.05, 3.63) is 64.4 Å². The van der Waals surface area contributed by atoms with E-state index in [4.69, 9.17) is 21.4 Å². The van der Waals surface area contributed by atoms with E-state index in [0.717, 1.165) is 11.0 Å². The molecule has 1 aliphatic rings. The van der Waals surface area contributed by atoms with Crippen LogP contribution in [0.3, 0.4) is 0 Å². The van der Waals surface area contributed by atoms with Crippen LogP contribution in [0.2, 0.25) is 5.02 Å². The van der Waals surface area contributed by atoms with Crippen molar-refractivity contribution in [2.45, 2.75) is 18.8 Å². The SMILES string of the molecule is COc1ccc(CN2c3ccc(Cl)cc3C=C(OC(=O)O)C2C(F)(F)F)cc1. The number of ether oxygens (including phenoxy) is 2. The van der Waals surface area contributed by atoms with E-state index in [-0.39, 0.29) is 12.2 Å². The molecule has 1 atom stereocenters. The van der Waals surface area contributed by atoms with Crippen LogP contribution in [0.15, 0.2) is 48.2 Å². The fourth-order valence-electron chi connectivity index (χ4n) is 3.06. The number of hydrogen-bond acceptors (Lipinski definition) is 4. The minimum Gasteiger partial charge on any atom is -0.497 e. The topological polar surface area (TPSA) is 59.0 Å². The Bertz CT molecular complexity index is 912. The third-order valence-corrected chi connectivity index (χ3v) is 4.44. The first-order chi connectivity index (χ1) is 13.2. The van der Waals surface area contributed by atoms with Gasteiger partial charge in [-0.05, 0) is 42.0 Å². The second-order valence-corrected chi connectivity index (χ2v) is 6.47. The number of anilines is 1. The van der Waals surface area contributed by atoms with Crippen molar-refractivity contribution >= 4 is 29.5 Å². The number of carboxylic acid groups (broad SMARTS) is 1. The van der Waals surface area contributed by atoms with E-state index in [1.807, 2.05) is 0 Å². The zero-order chi connectivity index (χ0) is 20.5. The summed E-state index contributed by atoms with van der Waals surface area (Å²) in [7, 11) is 1.49. The van der Waals surface area contributed by atoms with Crippen molar-refractivity contribution in [2.24, 2.45) is 0 Å². The van der Waals surface area contributed by atoms with Gasteiger partial charge >= 0.3 is 12.3 Å². The van der Waals surface area contributed by atoms with Crippen LogP contribution in [0, 0.1) is 0 Å². The summed E-state index contributed by atoms with van der Waals surface area (Å²) >= 11 is 5.96. The van der Waals surface area contributed by atoms with Crippen LogP contribution in [0.1, 0.15) is 11.1 Å². The smallest absolute Gasteiger partial charge is 0.497 e. The lowest BCUT2D eigenvalue weighted by atomic mass is 9.99. The second-order valence-electron chi connectivity index (χ2n) is 6.04. The van der Waals surface area contributed by atoms with Gasteiger partial charge < -0.3 is 19.5 Å². The minimum atomic E-state index is -4.77. The molecule has 0 spiro atoms. The fourth-order valence-corrected chi connectivity index (χ4v) is 3.24. The van der Waals surface area contributed by atoms with Crippen LogP contribution in [-0.2, 0) is 11.3 Å². The molecule has 1 aliphatic heterocycles. The van der Waals surface area contributed by atoms with Crippen molar-refractivity contribution in [2.75, 3.05) is 12.0 Å². The van der Waals surface area contributed by atoms with Gasteiger partial charge in [0, 0.05) is 22.8 Å². The Morgan fingerprint density at radius 1 is 1.21 bits per heavy atom. The summed E-state index contributed by atoms with van der Waals surface area (Å²) < 4.78 is 51.2. The molecule has 1 unspecified atom stereocenters. The number of nitrogens with zero attached hydrogens (tertiary/aromatic N) is 1. The number of alkyl halides is 3. The summed E-state index contributed by atoms with van der Waals surface area (Å²) in [6, 6.07) is 8.68. The summed E-state index contributed by atoms with van der Waals surface area (Å²) in [5.41, 5.74) is 1.17. The largest absolute Gasteiger partial charge is 0.511 e. The standard InChI is InChI=1S/C19H15ClF3NO4/c1-27-14-5-2-11(3-6-14)10-24-15-7-4-13(20)8-12(15)9-16(28-18(25)26)17(24)19(21,22)23/h2-9,17H,10H2,1H3,(H,25,26). The van der Waals surface area contributed by atoms with E-state index in [9.17, 15) is 18.0 Å². The number of benzene rings is 2. The number of methoxy groups -OCH3 is 1. The third kappa shape index (κ3) is 4.17. The van der Waals surface area contributed by atoms with Crippen LogP contribution < -0.4 is 9.64 Å². The maximum atomic E-state index is 13.9. The predicted molar refractivity (Wildman–Crippen MR) is 97.6 cm³/mol. The summed E-state index contributed by atoms with van der Waals surface area (Å²) in [6.45, 7) is -0.136. The number of halogens is 4. The van der Waals surface area contributed by atoms with Gasteiger partial charge in [0.15, 0.2) is 6.04 Å². The maximum Gasteiger partial charge on any atom is 0.511 e. The number of rotatable bonds is 4. The van der Waals surface area contributed by atoms with Gasteiger partial charge in [0.2, 0.25) is 0 Å². The molecule has 0 saturated heterocycles. The molecular weight excluding hydrogens is 399 g/mol. The highest BCUT2D eigenvalue weighted by molar-refractivity contribution is 6.30. The molecule has 0 aliphatic carbocycles. The highest BCUT2D eigenvalue weighted by atomic mass is 35.5. The van der Waals surface area contributed by atoms with Crippen LogP contribution in [0.4, 0.5) is 23.7 Å². The van der Waals surface area contributed by atoms with Crippen LogP contribution >= 0.6 is 11.6 Å². The summed E-state index contributed by atoms with van der Waals surface area (Å²) in [5.74, 6) is -0.167. The second kappa shape index (κ2) is 7.63. The van der Waals surface area contributed by atoms with E-state index in [2.05, 4.69) is 4.74 Å². The average molecular weight is 414 g/mol. The predicted octanol–water partition coefficient (Wildman–Crippen LogP) is 5.34. The van der Waals surface area contributed by atoms with E-state index < -0.39 is 24.1 Å². The Balaban J connectivity index is 2.09. The molecule has 5 nitrogen and oxygen atoms in total. The number of fused-ring (bicyclic) bond motifs is 1. The Morgan fingerprint density at radius 2 is 1.89 bits per heavy atom. The molecule has 0 radical (unpaired) electrons. The molecule has 28 heavy (non-hydrogen) atoms. The van der Waals surface area contributed by atoms with Gasteiger partial charge in [0.25, 0.3) is 0 Å². The zero-order valence-electron chi connectivity index (χ0n) is 14.5. The van der Waals surface area contributed by atoms with Gasteiger partial charge in [0.1, 0.15) is 11.5 Å². The van der Waals surface area contributed by atoms with Crippen molar-refractivity contribution in [1.82, 2.24) is 0 Å². The molecule has 0 bridgehead atoms. The van der Waals surface area contributed by atoms with Gasteiger partial charge in [-0.1, -0.05) is 23.7 Å². The van der Waals surface area contributed by atoms with Gasteiger partial charge in [-0.15, -0.1) is 0 Å². The third-order valence-electron chi connectivity index (χ3n) is 4.21.